The molecule has 5 nitrogen and oxygen atoms in total. The van der Waals surface area contributed by atoms with E-state index in [9.17, 15) is 5.11 Å². The highest BCUT2D eigenvalue weighted by Gasteiger charge is 2.41. The van der Waals surface area contributed by atoms with E-state index < -0.39 is 0 Å². The Balaban J connectivity index is 1.36. The van der Waals surface area contributed by atoms with Gasteiger partial charge in [0.05, 0.1) is 12.3 Å². The molecule has 3 aliphatic carbocycles. The smallest absolute Gasteiger partial charge is 0.119 e. The number of ether oxygens (including phenoxy) is 2. The van der Waals surface area contributed by atoms with Crippen molar-refractivity contribution < 1.29 is 14.6 Å². The normalized spacial score (nSPS) is 36.0. The summed E-state index contributed by atoms with van der Waals surface area (Å²) in [6, 6.07) is 0.246. The fraction of sp³-hybridized carbons (Fsp3) is 0.600. The van der Waals surface area contributed by atoms with Crippen LogP contribution in [0.1, 0.15) is 58.8 Å². The van der Waals surface area contributed by atoms with Crippen LogP contribution in [0.25, 0.3) is 0 Å². The highest BCUT2D eigenvalue weighted by Crippen LogP contribution is 2.45. The van der Waals surface area contributed by atoms with Gasteiger partial charge < -0.3 is 14.6 Å². The van der Waals surface area contributed by atoms with Crippen molar-refractivity contribution in [1.82, 2.24) is 10.6 Å². The van der Waals surface area contributed by atoms with E-state index in [1.807, 2.05) is 12.2 Å². The molecule has 1 saturated heterocycles. The van der Waals surface area contributed by atoms with Crippen molar-refractivity contribution in [3.63, 3.8) is 0 Å². The van der Waals surface area contributed by atoms with Gasteiger partial charge in [-0.25, -0.2) is 0 Å². The number of allylic oxidation sites excluding steroid dienone is 4. The average Bonchev–Trinajstić information content (AvgIpc) is 3.11. The maximum absolute atomic E-state index is 10.5. The molecule has 5 unspecified atom stereocenters. The second-order valence-corrected chi connectivity index (χ2v) is 9.39. The highest BCUT2D eigenvalue weighted by molar-refractivity contribution is 5.36. The lowest BCUT2D eigenvalue weighted by Crippen LogP contribution is -2.61. The number of rotatable bonds is 4. The van der Waals surface area contributed by atoms with Gasteiger partial charge in [-0.3, -0.25) is 10.6 Å². The lowest BCUT2D eigenvalue weighted by atomic mass is 9.77. The molecule has 0 spiro atoms. The molecule has 5 rings (SSSR count). The molecule has 3 N–H and O–H groups in total. The topological polar surface area (TPSA) is 62.8 Å². The minimum Gasteiger partial charge on any atom is -0.508 e. The summed E-state index contributed by atoms with van der Waals surface area (Å²) in [4.78, 5) is 0. The monoisotopic (exact) mass is 410 g/mol. The fourth-order valence-electron chi connectivity index (χ4n) is 5.60. The zero-order valence-corrected chi connectivity index (χ0v) is 18.1. The molecular weight excluding hydrogens is 376 g/mol. The predicted molar refractivity (Wildman–Crippen MR) is 118 cm³/mol. The quantitative estimate of drug-likeness (QED) is 0.595. The van der Waals surface area contributed by atoms with Gasteiger partial charge >= 0.3 is 0 Å². The number of aliphatic hydroxyl groups is 1. The van der Waals surface area contributed by atoms with E-state index in [1.54, 1.807) is 0 Å². The summed E-state index contributed by atoms with van der Waals surface area (Å²) >= 11 is 0. The maximum atomic E-state index is 10.5. The molecule has 0 radical (unpaired) electrons. The largest absolute Gasteiger partial charge is 0.508 e. The molecule has 2 aliphatic heterocycles. The summed E-state index contributed by atoms with van der Waals surface area (Å²) in [5.74, 6) is 2.03. The number of nitrogens with one attached hydrogen (secondary N) is 2. The van der Waals surface area contributed by atoms with Crippen molar-refractivity contribution in [1.29, 1.82) is 0 Å². The van der Waals surface area contributed by atoms with E-state index in [1.165, 1.54) is 11.1 Å². The molecule has 30 heavy (non-hydrogen) atoms. The van der Waals surface area contributed by atoms with Crippen LogP contribution >= 0.6 is 0 Å². The molecule has 0 aromatic carbocycles. The standard InChI is InChI=1S/C25H34N2O3/c1-15(2)29-24-14-20(26-25(27-24)18-8-3-5-9-21(18)28)16-11-12-23-19(13-16)17-7-4-6-10-22(17)30-23/h5-6,9-11,15,19-20,23-28H,3-4,7-8,12-14H2,1-2H3. The van der Waals surface area contributed by atoms with Gasteiger partial charge in [-0.1, -0.05) is 23.8 Å². The van der Waals surface area contributed by atoms with Gasteiger partial charge in [-0.15, -0.1) is 0 Å². The van der Waals surface area contributed by atoms with Crippen LogP contribution in [0.3, 0.4) is 0 Å². The molecule has 5 atom stereocenters. The van der Waals surface area contributed by atoms with Gasteiger partial charge in [0.2, 0.25) is 0 Å². The van der Waals surface area contributed by atoms with Crippen LogP contribution < -0.4 is 10.6 Å². The van der Waals surface area contributed by atoms with Crippen molar-refractivity contribution in [2.75, 3.05) is 0 Å². The molecule has 0 aromatic heterocycles. The Hall–Kier alpha value is -1.82. The second-order valence-electron chi connectivity index (χ2n) is 9.39. The van der Waals surface area contributed by atoms with Gasteiger partial charge in [-0.2, -0.15) is 0 Å². The average molecular weight is 411 g/mol. The summed E-state index contributed by atoms with van der Waals surface area (Å²) < 4.78 is 12.4. The molecule has 1 fully saturated rings. The maximum Gasteiger partial charge on any atom is 0.119 e. The van der Waals surface area contributed by atoms with Crippen LogP contribution in [0.4, 0.5) is 0 Å². The summed E-state index contributed by atoms with van der Waals surface area (Å²) in [6.07, 6.45) is 18.1. The third-order valence-corrected chi connectivity index (χ3v) is 7.00. The fourth-order valence-corrected chi connectivity index (χ4v) is 5.60. The van der Waals surface area contributed by atoms with Crippen LogP contribution in [0.5, 0.6) is 0 Å². The van der Waals surface area contributed by atoms with Crippen LogP contribution in [0.15, 0.2) is 58.6 Å². The Kier molecular flexibility index (Phi) is 5.61. The number of aliphatic hydroxyl groups excluding tert-OH is 1. The predicted octanol–water partition coefficient (Wildman–Crippen LogP) is 4.52. The Labute approximate surface area is 179 Å². The van der Waals surface area contributed by atoms with E-state index in [-0.39, 0.29) is 24.5 Å². The summed E-state index contributed by atoms with van der Waals surface area (Å²) in [5, 5.41) is 17.9. The first-order valence-corrected chi connectivity index (χ1v) is 11.6. The molecule has 0 amide bonds. The first-order chi connectivity index (χ1) is 14.6. The Morgan fingerprint density at radius 1 is 1.10 bits per heavy atom. The third-order valence-electron chi connectivity index (χ3n) is 7.00. The van der Waals surface area contributed by atoms with E-state index in [4.69, 9.17) is 9.47 Å². The lowest BCUT2D eigenvalue weighted by molar-refractivity contribution is -0.0412. The van der Waals surface area contributed by atoms with E-state index in [0.29, 0.717) is 17.8 Å². The number of fused-ring (bicyclic) bond motifs is 2. The molecule has 0 saturated carbocycles. The zero-order valence-electron chi connectivity index (χ0n) is 18.1. The molecular formula is C25H34N2O3. The summed E-state index contributed by atoms with van der Waals surface area (Å²) in [6.45, 7) is 4.16. The van der Waals surface area contributed by atoms with E-state index in [0.717, 1.165) is 56.3 Å². The van der Waals surface area contributed by atoms with E-state index >= 15 is 0 Å². The number of hydrogen-bond donors (Lipinski definition) is 3. The number of hydrogen-bond acceptors (Lipinski definition) is 5. The molecule has 5 heteroatoms. The minimum absolute atomic E-state index is 0.0294. The first-order valence-electron chi connectivity index (χ1n) is 11.6. The SMILES string of the molecule is CC(C)OC1CC(C2=CCC3OC4=C(CCC=C4)C3C2)NC(C2=C(O)C=CCC2)N1. The Bertz CT molecular complexity index is 835. The summed E-state index contributed by atoms with van der Waals surface area (Å²) in [5.41, 5.74) is 4.03. The van der Waals surface area contributed by atoms with Gasteiger partial charge in [0.15, 0.2) is 0 Å². The van der Waals surface area contributed by atoms with Gasteiger partial charge in [-0.05, 0) is 63.7 Å². The van der Waals surface area contributed by atoms with Crippen LogP contribution in [-0.2, 0) is 9.47 Å². The highest BCUT2D eigenvalue weighted by atomic mass is 16.5. The van der Waals surface area contributed by atoms with Crippen molar-refractivity contribution in [3.8, 4) is 0 Å². The van der Waals surface area contributed by atoms with Gasteiger partial charge in [0.25, 0.3) is 0 Å². The molecule has 0 aromatic rings. The molecule has 5 aliphatic rings. The Morgan fingerprint density at radius 3 is 2.70 bits per heavy atom. The zero-order chi connectivity index (χ0) is 20.7. The van der Waals surface area contributed by atoms with Crippen LogP contribution in [0.2, 0.25) is 0 Å². The summed E-state index contributed by atoms with van der Waals surface area (Å²) in [7, 11) is 0. The first kappa shape index (κ1) is 20.1. The van der Waals surface area contributed by atoms with E-state index in [2.05, 4.69) is 42.7 Å². The van der Waals surface area contributed by atoms with Crippen molar-refractivity contribution in [2.24, 2.45) is 5.92 Å². The van der Waals surface area contributed by atoms with Crippen molar-refractivity contribution in [3.05, 3.63) is 58.6 Å². The van der Waals surface area contributed by atoms with Crippen molar-refractivity contribution in [2.45, 2.75) is 89.4 Å². The Morgan fingerprint density at radius 2 is 1.90 bits per heavy atom. The van der Waals surface area contributed by atoms with Gasteiger partial charge in [0.1, 0.15) is 23.9 Å². The lowest BCUT2D eigenvalue weighted by Gasteiger charge is -2.42. The second kappa shape index (κ2) is 8.37. The minimum atomic E-state index is -0.0664. The van der Waals surface area contributed by atoms with Crippen LogP contribution in [0, 0.1) is 5.92 Å². The third kappa shape index (κ3) is 3.91. The molecule has 2 heterocycles. The van der Waals surface area contributed by atoms with Crippen LogP contribution in [-0.4, -0.2) is 35.7 Å². The molecule has 162 valence electrons. The van der Waals surface area contributed by atoms with Gasteiger partial charge in [0, 0.05) is 30.4 Å². The molecule has 0 bridgehead atoms. The van der Waals surface area contributed by atoms with Crippen molar-refractivity contribution >= 4 is 0 Å².